The molecule has 1 aromatic rings. The third kappa shape index (κ3) is 5.03. The molecule has 1 fully saturated rings. The normalized spacial score (nSPS) is 16.0. The molecule has 1 atom stereocenters. The van der Waals surface area contributed by atoms with Crippen LogP contribution >= 0.6 is 0 Å². The molecule has 124 valence electrons. The average molecular weight is 321 g/mol. The predicted molar refractivity (Wildman–Crippen MR) is 83.2 cm³/mol. The summed E-state index contributed by atoms with van der Waals surface area (Å²) in [5.41, 5.74) is 0.135. The topological polar surface area (TPSA) is 122 Å². The van der Waals surface area contributed by atoms with Crippen LogP contribution in [0.15, 0.2) is 24.3 Å². The Morgan fingerprint density at radius 3 is 2.65 bits per heavy atom. The van der Waals surface area contributed by atoms with Crippen LogP contribution < -0.4 is 10.6 Å². The Hall–Kier alpha value is -2.48. The van der Waals surface area contributed by atoms with E-state index < -0.39 is 22.8 Å². The van der Waals surface area contributed by atoms with Crippen LogP contribution in [0.2, 0.25) is 0 Å². The lowest BCUT2D eigenvalue weighted by molar-refractivity contribution is -0.384. The van der Waals surface area contributed by atoms with Crippen molar-refractivity contribution in [3.8, 4) is 0 Å². The van der Waals surface area contributed by atoms with Crippen molar-refractivity contribution in [3.63, 3.8) is 0 Å². The van der Waals surface area contributed by atoms with Crippen molar-refractivity contribution in [2.24, 2.45) is 0 Å². The highest BCUT2D eigenvalue weighted by atomic mass is 16.6. The second kappa shape index (κ2) is 7.68. The van der Waals surface area contributed by atoms with Crippen molar-refractivity contribution in [1.82, 2.24) is 5.32 Å². The number of carboxylic acid groups (broad SMARTS) is 1. The minimum absolute atomic E-state index is 0.127. The Labute approximate surface area is 133 Å². The zero-order valence-electron chi connectivity index (χ0n) is 12.5. The highest BCUT2D eigenvalue weighted by Crippen LogP contribution is 2.19. The van der Waals surface area contributed by atoms with E-state index in [1.807, 2.05) is 0 Å². The number of benzene rings is 1. The smallest absolute Gasteiger partial charge is 0.321 e. The van der Waals surface area contributed by atoms with Crippen molar-refractivity contribution in [3.05, 3.63) is 34.4 Å². The van der Waals surface area contributed by atoms with E-state index in [0.29, 0.717) is 0 Å². The van der Waals surface area contributed by atoms with E-state index in [4.69, 9.17) is 0 Å². The number of nitro benzene ring substituents is 1. The highest BCUT2D eigenvalue weighted by molar-refractivity contribution is 5.94. The summed E-state index contributed by atoms with van der Waals surface area (Å²) in [5, 5.41) is 25.4. The van der Waals surface area contributed by atoms with Crippen LogP contribution in [-0.2, 0) is 9.59 Å². The van der Waals surface area contributed by atoms with Crippen molar-refractivity contribution in [1.29, 1.82) is 0 Å². The van der Waals surface area contributed by atoms with Crippen LogP contribution in [0.5, 0.6) is 0 Å². The van der Waals surface area contributed by atoms with Gasteiger partial charge in [0.05, 0.1) is 11.3 Å². The molecule has 1 saturated carbocycles. The maximum Gasteiger partial charge on any atom is 0.321 e. The number of carbonyl (C=O) groups is 2. The first-order chi connectivity index (χ1) is 11.0. The maximum absolute atomic E-state index is 12.0. The maximum atomic E-state index is 12.0. The zero-order chi connectivity index (χ0) is 16.8. The summed E-state index contributed by atoms with van der Waals surface area (Å²) in [6, 6.07) is 4.69. The van der Waals surface area contributed by atoms with Crippen LogP contribution in [0.25, 0.3) is 0 Å². The van der Waals surface area contributed by atoms with Gasteiger partial charge in [-0.2, -0.15) is 0 Å². The van der Waals surface area contributed by atoms with Crippen molar-refractivity contribution in [2.75, 3.05) is 5.32 Å². The molecule has 8 nitrogen and oxygen atoms in total. The molecule has 1 aromatic carbocycles. The quantitative estimate of drug-likeness (QED) is 0.521. The van der Waals surface area contributed by atoms with E-state index in [1.165, 1.54) is 24.3 Å². The molecule has 0 bridgehead atoms. The van der Waals surface area contributed by atoms with Gasteiger partial charge in [0.15, 0.2) is 0 Å². The molecule has 0 aromatic heterocycles. The third-order valence-electron chi connectivity index (χ3n) is 3.82. The van der Waals surface area contributed by atoms with Gasteiger partial charge in [-0.25, -0.2) is 0 Å². The lowest BCUT2D eigenvalue weighted by Crippen LogP contribution is -2.44. The molecule has 0 aliphatic heterocycles. The summed E-state index contributed by atoms with van der Waals surface area (Å²) >= 11 is 0. The third-order valence-corrected chi connectivity index (χ3v) is 3.82. The Morgan fingerprint density at radius 1 is 1.35 bits per heavy atom. The number of hydrogen-bond acceptors (Lipinski definition) is 5. The fourth-order valence-electron chi connectivity index (χ4n) is 2.69. The van der Waals surface area contributed by atoms with Gasteiger partial charge in [-0.15, -0.1) is 0 Å². The molecule has 3 N–H and O–H groups in total. The van der Waals surface area contributed by atoms with Gasteiger partial charge >= 0.3 is 5.97 Å². The van der Waals surface area contributed by atoms with Gasteiger partial charge in [-0.3, -0.25) is 19.7 Å². The first-order valence-corrected chi connectivity index (χ1v) is 7.49. The molecule has 1 aliphatic carbocycles. The molecule has 23 heavy (non-hydrogen) atoms. The first-order valence-electron chi connectivity index (χ1n) is 7.49. The van der Waals surface area contributed by atoms with Gasteiger partial charge in [0.1, 0.15) is 6.04 Å². The lowest BCUT2D eigenvalue weighted by atomic mass is 10.1. The molecular formula is C15H19N3O5. The number of carboxylic acids is 1. The molecule has 8 heteroatoms. The molecule has 1 unspecified atom stereocenters. The van der Waals surface area contributed by atoms with Crippen LogP contribution in [0.3, 0.4) is 0 Å². The summed E-state index contributed by atoms with van der Waals surface area (Å²) in [6.45, 7) is 0. The molecule has 1 aliphatic rings. The van der Waals surface area contributed by atoms with E-state index in [1.54, 1.807) is 0 Å². The summed E-state index contributed by atoms with van der Waals surface area (Å²) < 4.78 is 0. The Kier molecular flexibility index (Phi) is 5.64. The van der Waals surface area contributed by atoms with Crippen LogP contribution in [0.4, 0.5) is 11.4 Å². The number of anilines is 1. The number of aliphatic carboxylic acids is 1. The average Bonchev–Trinajstić information content (AvgIpc) is 2.99. The fraction of sp³-hybridized carbons (Fsp3) is 0.467. The number of amides is 1. The number of carbonyl (C=O) groups excluding carboxylic acids is 1. The highest BCUT2D eigenvalue weighted by Gasteiger charge is 2.26. The lowest BCUT2D eigenvalue weighted by Gasteiger charge is -2.19. The van der Waals surface area contributed by atoms with E-state index >= 15 is 0 Å². The summed E-state index contributed by atoms with van der Waals surface area (Å²) in [4.78, 5) is 33.4. The van der Waals surface area contributed by atoms with Crippen molar-refractivity contribution < 1.29 is 19.6 Å². The minimum atomic E-state index is -1.08. The largest absolute Gasteiger partial charge is 0.480 e. The van der Waals surface area contributed by atoms with E-state index in [2.05, 4.69) is 10.6 Å². The molecule has 0 saturated heterocycles. The number of nitro groups is 1. The van der Waals surface area contributed by atoms with E-state index in [9.17, 15) is 24.8 Å². The molecule has 2 rings (SSSR count). The minimum Gasteiger partial charge on any atom is -0.480 e. The molecule has 0 radical (unpaired) electrons. The molecule has 0 heterocycles. The Bertz CT molecular complexity index is 599. The molecule has 1 amide bonds. The predicted octanol–water partition coefficient (Wildman–Crippen LogP) is 1.91. The molecule has 0 spiro atoms. The number of hydrogen-bond donors (Lipinski definition) is 3. The van der Waals surface area contributed by atoms with Gasteiger partial charge in [0, 0.05) is 23.9 Å². The van der Waals surface area contributed by atoms with Gasteiger partial charge in [-0.05, 0) is 18.9 Å². The SMILES string of the molecule is O=C(CC(NC1CCCC1)C(=O)O)Nc1cccc([N+](=O)[O-])c1. The monoisotopic (exact) mass is 321 g/mol. The van der Waals surface area contributed by atoms with Crippen molar-refractivity contribution >= 4 is 23.3 Å². The first kappa shape index (κ1) is 16.9. The number of non-ortho nitro benzene ring substituents is 1. The number of rotatable bonds is 7. The van der Waals surface area contributed by atoms with Gasteiger partial charge in [-0.1, -0.05) is 18.9 Å². The van der Waals surface area contributed by atoms with Crippen molar-refractivity contribution in [2.45, 2.75) is 44.2 Å². The van der Waals surface area contributed by atoms with Gasteiger partial charge in [0.2, 0.25) is 5.91 Å². The summed E-state index contributed by atoms with van der Waals surface area (Å²) in [5.74, 6) is -1.57. The van der Waals surface area contributed by atoms with Crippen LogP contribution in [-0.4, -0.2) is 34.0 Å². The van der Waals surface area contributed by atoms with Crippen LogP contribution in [0, 0.1) is 10.1 Å². The molecular weight excluding hydrogens is 302 g/mol. The second-order valence-corrected chi connectivity index (χ2v) is 5.60. The number of nitrogens with one attached hydrogen (secondary N) is 2. The van der Waals surface area contributed by atoms with Crippen LogP contribution in [0.1, 0.15) is 32.1 Å². The van der Waals surface area contributed by atoms with Gasteiger partial charge < -0.3 is 15.7 Å². The Morgan fingerprint density at radius 2 is 2.04 bits per heavy atom. The summed E-state index contributed by atoms with van der Waals surface area (Å²) in [6.07, 6.45) is 3.72. The fourth-order valence-corrected chi connectivity index (χ4v) is 2.69. The van der Waals surface area contributed by atoms with Gasteiger partial charge in [0.25, 0.3) is 5.69 Å². The Balaban J connectivity index is 1.94. The number of nitrogens with zero attached hydrogens (tertiary/aromatic N) is 1. The standard InChI is InChI=1S/C15H19N3O5/c19-14(17-11-6-3-7-12(8-11)18(22)23)9-13(15(20)21)16-10-4-1-2-5-10/h3,6-8,10,13,16H,1-2,4-5,9H2,(H,17,19)(H,20,21). The summed E-state index contributed by atoms with van der Waals surface area (Å²) in [7, 11) is 0. The van der Waals surface area contributed by atoms with E-state index in [-0.39, 0.29) is 23.8 Å². The zero-order valence-corrected chi connectivity index (χ0v) is 12.5. The second-order valence-electron chi connectivity index (χ2n) is 5.60. The van der Waals surface area contributed by atoms with E-state index in [0.717, 1.165) is 25.7 Å².